The Morgan fingerprint density at radius 3 is 2.62 bits per heavy atom. The standard InChI is InChI=1S/C19H30N4O3/c1-2-25-19(20)21-16-7-11-23(12-8-16)18(24)15-5-9-22(10-6-15)14-17-4-3-13-26-17/h3-4,13,15-16H,2,5-12,14H2,1H3,(H2,20,21). The molecule has 2 saturated heterocycles. The first-order chi connectivity index (χ1) is 12.7. The highest BCUT2D eigenvalue weighted by Gasteiger charge is 2.31. The van der Waals surface area contributed by atoms with Gasteiger partial charge in [0.1, 0.15) is 5.76 Å². The molecule has 1 aromatic rings. The number of amidine groups is 1. The molecule has 1 amide bonds. The van der Waals surface area contributed by atoms with Gasteiger partial charge < -0.3 is 19.8 Å². The highest BCUT2D eigenvalue weighted by Crippen LogP contribution is 2.23. The number of hydrogen-bond acceptors (Lipinski definition) is 5. The van der Waals surface area contributed by atoms with E-state index in [0.29, 0.717) is 12.5 Å². The summed E-state index contributed by atoms with van der Waals surface area (Å²) in [6, 6.07) is 4.35. The van der Waals surface area contributed by atoms with Crippen LogP contribution in [0.1, 0.15) is 38.4 Å². The van der Waals surface area contributed by atoms with E-state index in [1.165, 1.54) is 0 Å². The van der Waals surface area contributed by atoms with Crippen LogP contribution in [-0.4, -0.2) is 60.6 Å². The minimum Gasteiger partial charge on any atom is -0.468 e. The summed E-state index contributed by atoms with van der Waals surface area (Å²) in [6.45, 7) is 6.68. The molecule has 0 atom stereocenters. The van der Waals surface area contributed by atoms with Crippen LogP contribution >= 0.6 is 0 Å². The number of rotatable bonds is 5. The van der Waals surface area contributed by atoms with Crippen LogP contribution in [0.4, 0.5) is 0 Å². The maximum atomic E-state index is 12.8. The molecule has 7 nitrogen and oxygen atoms in total. The lowest BCUT2D eigenvalue weighted by molar-refractivity contribution is -0.138. The van der Waals surface area contributed by atoms with E-state index < -0.39 is 0 Å². The summed E-state index contributed by atoms with van der Waals surface area (Å²) in [6.07, 6.45) is 5.28. The van der Waals surface area contributed by atoms with Crippen LogP contribution in [-0.2, 0) is 16.1 Å². The molecule has 0 unspecified atom stereocenters. The van der Waals surface area contributed by atoms with Crippen molar-refractivity contribution >= 4 is 11.9 Å². The molecular weight excluding hydrogens is 332 g/mol. The second-order valence-corrected chi connectivity index (χ2v) is 7.09. The summed E-state index contributed by atoms with van der Waals surface area (Å²) >= 11 is 0. The quantitative estimate of drug-likeness (QED) is 0.638. The van der Waals surface area contributed by atoms with Crippen molar-refractivity contribution in [3.05, 3.63) is 24.2 Å². The molecule has 7 heteroatoms. The van der Waals surface area contributed by atoms with Crippen molar-refractivity contribution in [2.24, 2.45) is 16.6 Å². The number of furan rings is 1. The number of piperidine rings is 2. The third kappa shape index (κ3) is 5.00. The molecule has 2 aliphatic heterocycles. The summed E-state index contributed by atoms with van der Waals surface area (Å²) in [7, 11) is 0. The Hall–Kier alpha value is -2.02. The van der Waals surface area contributed by atoms with Gasteiger partial charge in [-0.25, -0.2) is 4.99 Å². The first kappa shape index (κ1) is 18.8. The van der Waals surface area contributed by atoms with E-state index >= 15 is 0 Å². The molecule has 2 fully saturated rings. The number of carbonyl (C=O) groups is 1. The molecule has 1 aromatic heterocycles. The van der Waals surface area contributed by atoms with E-state index in [4.69, 9.17) is 14.9 Å². The number of amides is 1. The SMILES string of the molecule is CCOC(N)=NC1CCN(C(=O)C2CCN(Cc3ccco3)CC2)CC1. The molecule has 0 aliphatic carbocycles. The topological polar surface area (TPSA) is 84.3 Å². The third-order valence-corrected chi connectivity index (χ3v) is 5.27. The van der Waals surface area contributed by atoms with Gasteiger partial charge in [-0.2, -0.15) is 0 Å². The second kappa shape index (κ2) is 9.07. The molecular formula is C19H30N4O3. The number of carbonyl (C=O) groups excluding carboxylic acids is 1. The molecule has 2 aliphatic rings. The normalized spacial score (nSPS) is 21.1. The monoisotopic (exact) mass is 362 g/mol. The zero-order valence-corrected chi connectivity index (χ0v) is 15.6. The molecule has 3 heterocycles. The van der Waals surface area contributed by atoms with Crippen LogP contribution in [0.3, 0.4) is 0 Å². The summed E-state index contributed by atoms with van der Waals surface area (Å²) in [5, 5.41) is 0. The zero-order chi connectivity index (χ0) is 18.4. The smallest absolute Gasteiger partial charge is 0.282 e. The Kier molecular flexibility index (Phi) is 6.55. The number of nitrogens with two attached hydrogens (primary N) is 1. The van der Waals surface area contributed by atoms with Crippen LogP contribution in [0.2, 0.25) is 0 Å². The Labute approximate surface area is 155 Å². The molecule has 0 radical (unpaired) electrons. The average molecular weight is 362 g/mol. The first-order valence-corrected chi connectivity index (χ1v) is 9.65. The molecule has 0 aromatic carbocycles. The van der Waals surface area contributed by atoms with Gasteiger partial charge in [0.25, 0.3) is 6.02 Å². The zero-order valence-electron chi connectivity index (χ0n) is 15.6. The maximum absolute atomic E-state index is 12.8. The van der Waals surface area contributed by atoms with Crippen molar-refractivity contribution < 1.29 is 13.9 Å². The highest BCUT2D eigenvalue weighted by atomic mass is 16.5. The van der Waals surface area contributed by atoms with Gasteiger partial charge in [0.15, 0.2) is 0 Å². The van der Waals surface area contributed by atoms with Crippen LogP contribution in [0.5, 0.6) is 0 Å². The van der Waals surface area contributed by atoms with Gasteiger partial charge in [-0.05, 0) is 57.8 Å². The lowest BCUT2D eigenvalue weighted by Gasteiger charge is -2.36. The Bertz CT molecular complexity index is 586. The van der Waals surface area contributed by atoms with E-state index in [2.05, 4.69) is 9.89 Å². The summed E-state index contributed by atoms with van der Waals surface area (Å²) in [5.74, 6) is 1.45. The fourth-order valence-corrected chi connectivity index (χ4v) is 3.80. The molecule has 2 N–H and O–H groups in total. The van der Waals surface area contributed by atoms with Crippen molar-refractivity contribution in [2.45, 2.75) is 45.2 Å². The fraction of sp³-hybridized carbons (Fsp3) is 0.684. The van der Waals surface area contributed by atoms with Crippen molar-refractivity contribution in [3.8, 4) is 0 Å². The van der Waals surface area contributed by atoms with Gasteiger partial charge >= 0.3 is 0 Å². The molecule has 0 saturated carbocycles. The van der Waals surface area contributed by atoms with Gasteiger partial charge in [0.05, 0.1) is 25.5 Å². The first-order valence-electron chi connectivity index (χ1n) is 9.65. The number of ether oxygens (including phenoxy) is 1. The minimum atomic E-state index is 0.149. The lowest BCUT2D eigenvalue weighted by Crippen LogP contribution is -2.46. The largest absolute Gasteiger partial charge is 0.468 e. The second-order valence-electron chi connectivity index (χ2n) is 7.09. The van der Waals surface area contributed by atoms with E-state index in [0.717, 1.165) is 64.2 Å². The van der Waals surface area contributed by atoms with Crippen LogP contribution in [0.25, 0.3) is 0 Å². The summed E-state index contributed by atoms with van der Waals surface area (Å²) < 4.78 is 10.6. The number of aliphatic imine (C=N–C) groups is 1. The Morgan fingerprint density at radius 1 is 1.27 bits per heavy atom. The molecule has 0 bridgehead atoms. The van der Waals surface area contributed by atoms with Crippen molar-refractivity contribution in [1.29, 1.82) is 0 Å². The van der Waals surface area contributed by atoms with Crippen molar-refractivity contribution in [3.63, 3.8) is 0 Å². The van der Waals surface area contributed by atoms with Crippen molar-refractivity contribution in [1.82, 2.24) is 9.80 Å². The molecule has 26 heavy (non-hydrogen) atoms. The summed E-state index contributed by atoms with van der Waals surface area (Å²) in [4.78, 5) is 21.6. The van der Waals surface area contributed by atoms with Gasteiger partial charge in [-0.15, -0.1) is 0 Å². The van der Waals surface area contributed by atoms with E-state index in [9.17, 15) is 4.79 Å². The fourth-order valence-electron chi connectivity index (χ4n) is 3.80. The molecule has 3 rings (SSSR count). The summed E-state index contributed by atoms with van der Waals surface area (Å²) in [5.41, 5.74) is 5.72. The van der Waals surface area contributed by atoms with Crippen LogP contribution < -0.4 is 5.73 Å². The maximum Gasteiger partial charge on any atom is 0.282 e. The van der Waals surface area contributed by atoms with Crippen LogP contribution in [0, 0.1) is 5.92 Å². The van der Waals surface area contributed by atoms with Gasteiger partial charge in [0.2, 0.25) is 5.91 Å². The minimum absolute atomic E-state index is 0.149. The predicted octanol–water partition coefficient (Wildman–Crippen LogP) is 1.83. The van der Waals surface area contributed by atoms with Gasteiger partial charge in [-0.1, -0.05) is 0 Å². The third-order valence-electron chi connectivity index (χ3n) is 5.27. The van der Waals surface area contributed by atoms with E-state index in [-0.39, 0.29) is 18.0 Å². The van der Waals surface area contributed by atoms with E-state index in [1.54, 1.807) is 6.26 Å². The Balaban J connectivity index is 1.41. The molecule has 144 valence electrons. The Morgan fingerprint density at radius 2 is 2.00 bits per heavy atom. The predicted molar refractivity (Wildman–Crippen MR) is 99.6 cm³/mol. The van der Waals surface area contributed by atoms with Crippen molar-refractivity contribution in [2.75, 3.05) is 32.8 Å². The number of hydrogen-bond donors (Lipinski definition) is 1. The van der Waals surface area contributed by atoms with Crippen LogP contribution in [0.15, 0.2) is 27.8 Å². The number of likely N-dealkylation sites (tertiary alicyclic amines) is 2. The average Bonchev–Trinajstić information content (AvgIpc) is 3.16. The van der Waals surface area contributed by atoms with Gasteiger partial charge in [0, 0.05) is 19.0 Å². The van der Waals surface area contributed by atoms with E-state index in [1.807, 2.05) is 24.0 Å². The lowest BCUT2D eigenvalue weighted by atomic mass is 9.94. The highest BCUT2D eigenvalue weighted by molar-refractivity contribution is 5.79. The van der Waals surface area contributed by atoms with Gasteiger partial charge in [-0.3, -0.25) is 9.69 Å². The molecule has 0 spiro atoms. The number of nitrogens with zero attached hydrogens (tertiary/aromatic N) is 3.